The number of carbonyl (C=O) groups is 1. The Kier molecular flexibility index (Phi) is 5.83. The molecule has 0 aliphatic carbocycles. The molecule has 0 radical (unpaired) electrons. The molecule has 3 heteroatoms. The van der Waals surface area contributed by atoms with E-state index in [2.05, 4.69) is 17.4 Å². The second-order valence-corrected chi connectivity index (χ2v) is 4.85. The molecule has 0 spiro atoms. The lowest BCUT2D eigenvalue weighted by molar-refractivity contribution is -0.128. The normalized spacial score (nSPS) is 11.7. The Morgan fingerprint density at radius 1 is 1.05 bits per heavy atom. The van der Waals surface area contributed by atoms with Crippen LogP contribution in [0.25, 0.3) is 0 Å². The lowest BCUT2D eigenvalue weighted by atomic mass is 10.1. The SMILES string of the molecule is CC[C@H](Oc1ccccc1)C(=O)NCCc1ccccc1. The third kappa shape index (κ3) is 4.95. The van der Waals surface area contributed by atoms with Crippen LogP contribution >= 0.6 is 0 Å². The van der Waals surface area contributed by atoms with Gasteiger partial charge in [0, 0.05) is 6.54 Å². The number of benzene rings is 2. The molecule has 0 saturated heterocycles. The van der Waals surface area contributed by atoms with E-state index >= 15 is 0 Å². The third-order valence-corrected chi connectivity index (χ3v) is 3.24. The second-order valence-electron chi connectivity index (χ2n) is 4.85. The summed E-state index contributed by atoms with van der Waals surface area (Å²) in [6.45, 7) is 2.57. The minimum absolute atomic E-state index is 0.0581. The summed E-state index contributed by atoms with van der Waals surface area (Å²) >= 11 is 0. The van der Waals surface area contributed by atoms with E-state index in [1.807, 2.05) is 55.5 Å². The summed E-state index contributed by atoms with van der Waals surface area (Å²) in [4.78, 5) is 12.1. The Labute approximate surface area is 126 Å². The fourth-order valence-corrected chi connectivity index (χ4v) is 2.07. The van der Waals surface area contributed by atoms with Crippen LogP contribution in [0.2, 0.25) is 0 Å². The molecular weight excluding hydrogens is 262 g/mol. The maximum absolute atomic E-state index is 12.1. The van der Waals surface area contributed by atoms with Crippen molar-refractivity contribution in [2.24, 2.45) is 0 Å². The van der Waals surface area contributed by atoms with Crippen molar-refractivity contribution in [3.8, 4) is 5.75 Å². The number of hydrogen-bond acceptors (Lipinski definition) is 2. The molecule has 0 fully saturated rings. The predicted octanol–water partition coefficient (Wildman–Crippen LogP) is 3.20. The standard InChI is InChI=1S/C18H21NO2/c1-2-17(21-16-11-7-4-8-12-16)18(20)19-14-13-15-9-5-3-6-10-15/h3-12,17H,2,13-14H2,1H3,(H,19,20)/t17-/m0/s1. The van der Waals surface area contributed by atoms with Gasteiger partial charge in [-0.15, -0.1) is 0 Å². The Morgan fingerprint density at radius 3 is 2.29 bits per heavy atom. The van der Waals surface area contributed by atoms with Crippen LogP contribution in [0.3, 0.4) is 0 Å². The molecule has 2 aromatic carbocycles. The summed E-state index contributed by atoms with van der Waals surface area (Å²) < 4.78 is 5.72. The van der Waals surface area contributed by atoms with Gasteiger partial charge >= 0.3 is 0 Å². The molecule has 2 aromatic rings. The lowest BCUT2D eigenvalue weighted by Gasteiger charge is -2.17. The summed E-state index contributed by atoms with van der Waals surface area (Å²) in [6, 6.07) is 19.6. The van der Waals surface area contributed by atoms with E-state index in [0.29, 0.717) is 13.0 Å². The van der Waals surface area contributed by atoms with Gasteiger partial charge in [-0.25, -0.2) is 0 Å². The maximum atomic E-state index is 12.1. The molecule has 0 heterocycles. The number of rotatable bonds is 7. The molecule has 3 nitrogen and oxygen atoms in total. The first-order valence-corrected chi connectivity index (χ1v) is 7.33. The summed E-state index contributed by atoms with van der Waals surface area (Å²) in [7, 11) is 0. The van der Waals surface area contributed by atoms with Gasteiger partial charge in [-0.2, -0.15) is 0 Å². The Hall–Kier alpha value is -2.29. The largest absolute Gasteiger partial charge is 0.481 e. The highest BCUT2D eigenvalue weighted by Crippen LogP contribution is 2.12. The average molecular weight is 283 g/mol. The van der Waals surface area contributed by atoms with Crippen LogP contribution in [0.15, 0.2) is 60.7 Å². The van der Waals surface area contributed by atoms with Gasteiger partial charge in [0.2, 0.25) is 0 Å². The van der Waals surface area contributed by atoms with Crippen LogP contribution in [0.5, 0.6) is 5.75 Å². The molecule has 110 valence electrons. The van der Waals surface area contributed by atoms with Gasteiger partial charge in [-0.1, -0.05) is 55.5 Å². The number of amides is 1. The van der Waals surface area contributed by atoms with E-state index < -0.39 is 6.10 Å². The zero-order valence-electron chi connectivity index (χ0n) is 12.3. The van der Waals surface area contributed by atoms with Gasteiger partial charge in [0.25, 0.3) is 5.91 Å². The van der Waals surface area contributed by atoms with Crippen molar-refractivity contribution in [3.63, 3.8) is 0 Å². The molecular formula is C18H21NO2. The van der Waals surface area contributed by atoms with Gasteiger partial charge in [-0.05, 0) is 30.5 Å². The van der Waals surface area contributed by atoms with Crippen molar-refractivity contribution in [3.05, 3.63) is 66.2 Å². The van der Waals surface area contributed by atoms with Crippen molar-refractivity contribution >= 4 is 5.91 Å². The van der Waals surface area contributed by atoms with Crippen LogP contribution in [0.4, 0.5) is 0 Å². The molecule has 0 unspecified atom stereocenters. The average Bonchev–Trinajstić information content (AvgIpc) is 2.54. The lowest BCUT2D eigenvalue weighted by Crippen LogP contribution is -2.38. The molecule has 21 heavy (non-hydrogen) atoms. The number of para-hydroxylation sites is 1. The highest BCUT2D eigenvalue weighted by atomic mass is 16.5. The summed E-state index contributed by atoms with van der Waals surface area (Å²) in [5.74, 6) is 0.667. The van der Waals surface area contributed by atoms with Crippen molar-refractivity contribution in [2.75, 3.05) is 6.54 Å². The zero-order chi connectivity index (χ0) is 14.9. The smallest absolute Gasteiger partial charge is 0.261 e. The van der Waals surface area contributed by atoms with E-state index in [9.17, 15) is 4.79 Å². The molecule has 0 aliphatic heterocycles. The van der Waals surface area contributed by atoms with E-state index in [1.165, 1.54) is 5.56 Å². The Balaban J connectivity index is 1.80. The summed E-state index contributed by atoms with van der Waals surface area (Å²) in [5, 5.41) is 2.94. The maximum Gasteiger partial charge on any atom is 0.261 e. The third-order valence-electron chi connectivity index (χ3n) is 3.24. The fraction of sp³-hybridized carbons (Fsp3) is 0.278. The topological polar surface area (TPSA) is 38.3 Å². The predicted molar refractivity (Wildman–Crippen MR) is 84.3 cm³/mol. The number of nitrogens with one attached hydrogen (secondary N) is 1. The molecule has 0 bridgehead atoms. The van der Waals surface area contributed by atoms with Gasteiger partial charge in [0.05, 0.1) is 0 Å². The quantitative estimate of drug-likeness (QED) is 0.847. The molecule has 1 atom stereocenters. The molecule has 0 saturated carbocycles. The van der Waals surface area contributed by atoms with Crippen LogP contribution in [0, 0.1) is 0 Å². The van der Waals surface area contributed by atoms with E-state index in [-0.39, 0.29) is 5.91 Å². The minimum atomic E-state index is -0.442. The fourth-order valence-electron chi connectivity index (χ4n) is 2.07. The molecule has 1 amide bonds. The van der Waals surface area contributed by atoms with Crippen molar-refractivity contribution in [1.29, 1.82) is 0 Å². The number of carbonyl (C=O) groups excluding carboxylic acids is 1. The van der Waals surface area contributed by atoms with Gasteiger partial charge in [0.1, 0.15) is 5.75 Å². The van der Waals surface area contributed by atoms with Crippen LogP contribution in [-0.4, -0.2) is 18.6 Å². The monoisotopic (exact) mass is 283 g/mol. The second kappa shape index (κ2) is 8.10. The molecule has 2 rings (SSSR count). The summed E-state index contributed by atoms with van der Waals surface area (Å²) in [6.07, 6.45) is 1.03. The first-order valence-electron chi connectivity index (χ1n) is 7.33. The van der Waals surface area contributed by atoms with Crippen molar-refractivity contribution in [1.82, 2.24) is 5.32 Å². The van der Waals surface area contributed by atoms with Gasteiger partial charge in [-0.3, -0.25) is 4.79 Å². The van der Waals surface area contributed by atoms with Crippen molar-refractivity contribution < 1.29 is 9.53 Å². The first kappa shape index (κ1) is 15.1. The first-order chi connectivity index (χ1) is 10.3. The Bertz CT molecular complexity index is 540. The highest BCUT2D eigenvalue weighted by Gasteiger charge is 2.17. The Morgan fingerprint density at radius 2 is 1.67 bits per heavy atom. The zero-order valence-corrected chi connectivity index (χ0v) is 12.3. The van der Waals surface area contributed by atoms with Crippen LogP contribution in [-0.2, 0) is 11.2 Å². The van der Waals surface area contributed by atoms with E-state index in [0.717, 1.165) is 12.2 Å². The highest BCUT2D eigenvalue weighted by molar-refractivity contribution is 5.81. The number of hydrogen-bond donors (Lipinski definition) is 1. The van der Waals surface area contributed by atoms with Crippen LogP contribution < -0.4 is 10.1 Å². The van der Waals surface area contributed by atoms with Crippen LogP contribution in [0.1, 0.15) is 18.9 Å². The van der Waals surface area contributed by atoms with Gasteiger partial charge in [0.15, 0.2) is 6.10 Å². The van der Waals surface area contributed by atoms with Gasteiger partial charge < -0.3 is 10.1 Å². The number of ether oxygens (including phenoxy) is 1. The summed E-state index contributed by atoms with van der Waals surface area (Å²) in [5.41, 5.74) is 1.22. The minimum Gasteiger partial charge on any atom is -0.481 e. The van der Waals surface area contributed by atoms with Crippen molar-refractivity contribution in [2.45, 2.75) is 25.9 Å². The molecule has 0 aliphatic rings. The molecule has 0 aromatic heterocycles. The molecule has 1 N–H and O–H groups in total. The van der Waals surface area contributed by atoms with E-state index in [4.69, 9.17) is 4.74 Å². The van der Waals surface area contributed by atoms with E-state index in [1.54, 1.807) is 0 Å².